The van der Waals surface area contributed by atoms with Crippen molar-refractivity contribution in [3.05, 3.63) is 34.0 Å². The van der Waals surface area contributed by atoms with Crippen LogP contribution >= 0.6 is 34.7 Å². The van der Waals surface area contributed by atoms with Crippen LogP contribution < -0.4 is 5.32 Å². The number of amides is 1. The van der Waals surface area contributed by atoms with Crippen LogP contribution in [0.15, 0.2) is 22.5 Å². The maximum Gasteiger partial charge on any atom is 0.234 e. The van der Waals surface area contributed by atoms with Crippen molar-refractivity contribution in [1.82, 2.24) is 10.2 Å². The Hall–Kier alpha value is -1.18. The summed E-state index contributed by atoms with van der Waals surface area (Å²) >= 11 is 8.36. The van der Waals surface area contributed by atoms with E-state index in [0.29, 0.717) is 5.69 Å². The number of benzene rings is 1. The number of carbonyl (C=O) groups excluding carboxylic acids is 1. The van der Waals surface area contributed by atoms with Crippen LogP contribution in [0.4, 0.5) is 10.1 Å². The normalized spacial score (nSPS) is 10.5. The Balaban J connectivity index is 1.88. The Kier molecular flexibility index (Phi) is 4.73. The molecular formula is C11H9ClFN3OS2. The molecule has 0 fully saturated rings. The van der Waals surface area contributed by atoms with Gasteiger partial charge in [-0.15, -0.1) is 10.2 Å². The van der Waals surface area contributed by atoms with Gasteiger partial charge in [-0.3, -0.25) is 4.79 Å². The Morgan fingerprint density at radius 2 is 2.32 bits per heavy atom. The van der Waals surface area contributed by atoms with Crippen LogP contribution in [0.1, 0.15) is 5.01 Å². The van der Waals surface area contributed by atoms with Gasteiger partial charge in [-0.1, -0.05) is 34.7 Å². The van der Waals surface area contributed by atoms with Crippen molar-refractivity contribution in [3.8, 4) is 0 Å². The summed E-state index contributed by atoms with van der Waals surface area (Å²) in [6, 6.07) is 4.03. The van der Waals surface area contributed by atoms with E-state index in [1.165, 1.54) is 41.3 Å². The molecule has 2 aromatic rings. The Labute approximate surface area is 122 Å². The number of nitrogens with one attached hydrogen (secondary N) is 1. The quantitative estimate of drug-likeness (QED) is 0.878. The SMILES string of the molecule is Cc1nnc(SCC(=O)Nc2ccc(F)c(Cl)c2)s1. The molecule has 1 amide bonds. The van der Waals surface area contributed by atoms with Gasteiger partial charge in [0.05, 0.1) is 10.8 Å². The second-order valence-corrected chi connectivity index (χ2v) is 6.36. The maximum atomic E-state index is 12.9. The highest BCUT2D eigenvalue weighted by Crippen LogP contribution is 2.23. The van der Waals surface area contributed by atoms with Gasteiger partial charge in [0.2, 0.25) is 5.91 Å². The third kappa shape index (κ3) is 4.15. The van der Waals surface area contributed by atoms with Crippen LogP contribution in [0.2, 0.25) is 5.02 Å². The first-order valence-electron chi connectivity index (χ1n) is 5.22. The molecule has 2 rings (SSSR count). The Bertz CT molecular complexity index is 605. The number of hydrogen-bond donors (Lipinski definition) is 1. The second-order valence-electron chi connectivity index (χ2n) is 3.55. The van der Waals surface area contributed by atoms with Crippen LogP contribution in [-0.4, -0.2) is 21.9 Å². The number of anilines is 1. The van der Waals surface area contributed by atoms with Crippen molar-refractivity contribution in [2.75, 3.05) is 11.1 Å². The minimum atomic E-state index is -0.515. The highest BCUT2D eigenvalue weighted by Gasteiger charge is 2.08. The van der Waals surface area contributed by atoms with Gasteiger partial charge < -0.3 is 5.32 Å². The Morgan fingerprint density at radius 3 is 2.95 bits per heavy atom. The zero-order valence-electron chi connectivity index (χ0n) is 9.81. The largest absolute Gasteiger partial charge is 0.325 e. The van der Waals surface area contributed by atoms with Crippen molar-refractivity contribution >= 4 is 46.3 Å². The van der Waals surface area contributed by atoms with Gasteiger partial charge in [0.1, 0.15) is 10.8 Å². The molecule has 0 aliphatic rings. The summed E-state index contributed by atoms with van der Waals surface area (Å²) in [4.78, 5) is 11.7. The number of rotatable bonds is 4. The molecular weight excluding hydrogens is 309 g/mol. The van der Waals surface area contributed by atoms with E-state index in [4.69, 9.17) is 11.6 Å². The van der Waals surface area contributed by atoms with Crippen molar-refractivity contribution in [3.63, 3.8) is 0 Å². The first kappa shape index (κ1) is 14.2. The van der Waals surface area contributed by atoms with Crippen LogP contribution in [0.25, 0.3) is 0 Å². The van der Waals surface area contributed by atoms with E-state index < -0.39 is 5.82 Å². The molecule has 0 spiro atoms. The van der Waals surface area contributed by atoms with Crippen LogP contribution in [-0.2, 0) is 4.79 Å². The molecule has 0 saturated carbocycles. The molecule has 1 aromatic carbocycles. The number of nitrogens with zero attached hydrogens (tertiary/aromatic N) is 2. The zero-order valence-corrected chi connectivity index (χ0v) is 12.2. The highest BCUT2D eigenvalue weighted by molar-refractivity contribution is 8.01. The minimum Gasteiger partial charge on any atom is -0.325 e. The summed E-state index contributed by atoms with van der Waals surface area (Å²) in [6.45, 7) is 1.85. The third-order valence-corrected chi connectivity index (χ3v) is 4.30. The van der Waals surface area contributed by atoms with Gasteiger partial charge in [-0.2, -0.15) is 0 Å². The first-order valence-corrected chi connectivity index (χ1v) is 7.40. The number of halogens is 2. The van der Waals surface area contributed by atoms with E-state index in [9.17, 15) is 9.18 Å². The fraction of sp³-hybridized carbons (Fsp3) is 0.182. The molecule has 8 heteroatoms. The summed E-state index contributed by atoms with van der Waals surface area (Å²) in [5.41, 5.74) is 0.463. The highest BCUT2D eigenvalue weighted by atomic mass is 35.5. The van der Waals surface area contributed by atoms with E-state index in [-0.39, 0.29) is 16.7 Å². The van der Waals surface area contributed by atoms with Gasteiger partial charge in [-0.05, 0) is 25.1 Å². The standard InChI is InChI=1S/C11H9ClFN3OS2/c1-6-15-16-11(19-6)18-5-10(17)14-7-2-3-9(13)8(12)4-7/h2-4H,5H2,1H3,(H,14,17). The van der Waals surface area contributed by atoms with Crippen molar-refractivity contribution in [2.24, 2.45) is 0 Å². The molecule has 0 unspecified atom stereocenters. The fourth-order valence-corrected chi connectivity index (χ4v) is 3.03. The number of aryl methyl sites for hydroxylation is 1. The molecule has 100 valence electrons. The first-order chi connectivity index (χ1) is 9.04. The average molecular weight is 318 g/mol. The van der Waals surface area contributed by atoms with Crippen LogP contribution in [0.5, 0.6) is 0 Å². The zero-order chi connectivity index (χ0) is 13.8. The van der Waals surface area contributed by atoms with Gasteiger partial charge in [0.25, 0.3) is 0 Å². The molecule has 19 heavy (non-hydrogen) atoms. The molecule has 0 aliphatic carbocycles. The third-order valence-electron chi connectivity index (χ3n) is 2.04. The van der Waals surface area contributed by atoms with Gasteiger partial charge in [-0.25, -0.2) is 4.39 Å². The molecule has 1 heterocycles. The van der Waals surface area contributed by atoms with Crippen molar-refractivity contribution in [1.29, 1.82) is 0 Å². The van der Waals surface area contributed by atoms with E-state index in [0.717, 1.165) is 9.35 Å². The number of hydrogen-bond acceptors (Lipinski definition) is 5. The lowest BCUT2D eigenvalue weighted by atomic mass is 10.3. The number of aromatic nitrogens is 2. The molecule has 4 nitrogen and oxygen atoms in total. The van der Waals surface area contributed by atoms with Crippen molar-refractivity contribution in [2.45, 2.75) is 11.3 Å². The average Bonchev–Trinajstić information content (AvgIpc) is 2.77. The monoisotopic (exact) mass is 317 g/mol. The predicted octanol–water partition coefficient (Wildman–Crippen LogP) is 3.37. The lowest BCUT2D eigenvalue weighted by Gasteiger charge is -2.04. The summed E-state index contributed by atoms with van der Waals surface area (Å²) in [7, 11) is 0. The lowest BCUT2D eigenvalue weighted by Crippen LogP contribution is -2.13. The van der Waals surface area contributed by atoms with E-state index in [2.05, 4.69) is 15.5 Å². The van der Waals surface area contributed by atoms with Crippen LogP contribution in [0.3, 0.4) is 0 Å². The fourth-order valence-electron chi connectivity index (χ4n) is 1.23. The summed E-state index contributed by atoms with van der Waals surface area (Å²) in [5, 5.41) is 11.2. The molecule has 0 aliphatic heterocycles. The molecule has 0 saturated heterocycles. The molecule has 0 radical (unpaired) electrons. The number of thioether (sulfide) groups is 1. The minimum absolute atomic E-state index is 0.0230. The van der Waals surface area contributed by atoms with E-state index in [1.807, 2.05) is 6.92 Å². The Morgan fingerprint density at radius 1 is 1.53 bits per heavy atom. The lowest BCUT2D eigenvalue weighted by molar-refractivity contribution is -0.113. The molecule has 0 atom stereocenters. The van der Waals surface area contributed by atoms with E-state index >= 15 is 0 Å². The predicted molar refractivity (Wildman–Crippen MR) is 75.4 cm³/mol. The topological polar surface area (TPSA) is 54.9 Å². The maximum absolute atomic E-state index is 12.9. The smallest absolute Gasteiger partial charge is 0.234 e. The van der Waals surface area contributed by atoms with Gasteiger partial charge in [0, 0.05) is 5.69 Å². The summed E-state index contributed by atoms with van der Waals surface area (Å²) in [6.07, 6.45) is 0. The van der Waals surface area contributed by atoms with Gasteiger partial charge in [0.15, 0.2) is 4.34 Å². The van der Waals surface area contributed by atoms with E-state index in [1.54, 1.807) is 0 Å². The molecule has 0 bridgehead atoms. The second kappa shape index (κ2) is 6.31. The number of carbonyl (C=O) groups is 1. The molecule has 1 aromatic heterocycles. The van der Waals surface area contributed by atoms with Crippen LogP contribution in [0, 0.1) is 12.7 Å². The van der Waals surface area contributed by atoms with Crippen molar-refractivity contribution < 1.29 is 9.18 Å². The summed E-state index contributed by atoms with van der Waals surface area (Å²) in [5.74, 6) is -0.511. The van der Waals surface area contributed by atoms with Gasteiger partial charge >= 0.3 is 0 Å². The summed E-state index contributed by atoms with van der Waals surface area (Å²) < 4.78 is 13.7. The molecule has 1 N–H and O–H groups in total.